The summed E-state index contributed by atoms with van der Waals surface area (Å²) in [7, 11) is 0. The minimum atomic E-state index is 0.615. The fraction of sp³-hybridized carbons (Fsp3) is 0.417. The van der Waals surface area contributed by atoms with Crippen molar-refractivity contribution in [3.05, 3.63) is 29.8 Å². The molecule has 0 aliphatic carbocycles. The lowest BCUT2D eigenvalue weighted by atomic mass is 10.2. The Kier molecular flexibility index (Phi) is 4.76. The van der Waals surface area contributed by atoms with Gasteiger partial charge in [0.1, 0.15) is 0 Å². The van der Waals surface area contributed by atoms with Crippen LogP contribution >= 0.6 is 0 Å². The molecule has 0 saturated carbocycles. The van der Waals surface area contributed by atoms with Crippen molar-refractivity contribution >= 4 is 12.0 Å². The van der Waals surface area contributed by atoms with Gasteiger partial charge >= 0.3 is 0 Å². The molecule has 1 aromatic carbocycles. The Morgan fingerprint density at radius 2 is 2.07 bits per heavy atom. The number of carbonyl (C=O) groups excluding carboxylic acids is 1. The van der Waals surface area contributed by atoms with Crippen LogP contribution in [0.25, 0.3) is 0 Å². The Morgan fingerprint density at radius 3 is 2.79 bits per heavy atom. The molecule has 0 aliphatic heterocycles. The van der Waals surface area contributed by atoms with E-state index in [-0.39, 0.29) is 0 Å². The lowest BCUT2D eigenvalue weighted by Gasteiger charge is -2.07. The number of anilines is 1. The highest BCUT2D eigenvalue weighted by Gasteiger charge is 1.98. The molecule has 0 saturated heterocycles. The molecule has 0 aliphatic rings. The van der Waals surface area contributed by atoms with Gasteiger partial charge in [-0.05, 0) is 18.6 Å². The third-order valence-electron chi connectivity index (χ3n) is 2.13. The minimum Gasteiger partial charge on any atom is -0.384 e. The van der Waals surface area contributed by atoms with Crippen LogP contribution in [-0.4, -0.2) is 12.8 Å². The number of benzene rings is 1. The van der Waals surface area contributed by atoms with Crippen molar-refractivity contribution in [1.82, 2.24) is 0 Å². The first-order chi connectivity index (χ1) is 6.88. The zero-order valence-electron chi connectivity index (χ0n) is 8.55. The Bertz CT molecular complexity index is 283. The number of nitrogens with one attached hydrogen (secondary N) is 1. The van der Waals surface area contributed by atoms with Crippen LogP contribution in [0.3, 0.4) is 0 Å². The van der Waals surface area contributed by atoms with Crippen molar-refractivity contribution in [2.45, 2.75) is 26.2 Å². The largest absolute Gasteiger partial charge is 0.384 e. The Morgan fingerprint density at radius 1 is 1.29 bits per heavy atom. The maximum Gasteiger partial charge on any atom is 0.235 e. The van der Waals surface area contributed by atoms with Crippen molar-refractivity contribution in [3.63, 3.8) is 0 Å². The molecule has 0 atom stereocenters. The van der Waals surface area contributed by atoms with Gasteiger partial charge in [-0.25, -0.2) is 0 Å². The lowest BCUT2D eigenvalue weighted by Crippen LogP contribution is -2.03. The van der Waals surface area contributed by atoms with E-state index in [1.165, 1.54) is 12.8 Å². The normalized spacial score (nSPS) is 9.79. The molecule has 0 heterocycles. The second kappa shape index (κ2) is 6.19. The van der Waals surface area contributed by atoms with Crippen molar-refractivity contribution in [1.29, 1.82) is 0 Å². The zero-order chi connectivity index (χ0) is 10.2. The van der Waals surface area contributed by atoms with Gasteiger partial charge in [0.2, 0.25) is 6.29 Å². The molecule has 0 fully saturated rings. The topological polar surface area (TPSA) is 29.1 Å². The van der Waals surface area contributed by atoms with Gasteiger partial charge in [-0.15, -0.1) is 0 Å². The predicted octanol–water partition coefficient (Wildman–Crippen LogP) is 2.75. The summed E-state index contributed by atoms with van der Waals surface area (Å²) in [6, 6.07) is 7.45. The SMILES string of the molecule is CCCCCNc1ccccc1[C]=O. The molecule has 0 spiro atoms. The first kappa shape index (κ1) is 10.8. The van der Waals surface area contributed by atoms with Crippen LogP contribution in [0.2, 0.25) is 0 Å². The number of para-hydroxylation sites is 1. The standard InChI is InChI=1S/C12H16NO/c1-2-3-6-9-13-12-8-5-4-7-11(12)10-14/h4-5,7-8,13H,2-3,6,9H2,1H3. The zero-order valence-corrected chi connectivity index (χ0v) is 8.55. The van der Waals surface area contributed by atoms with Crippen molar-refractivity contribution in [3.8, 4) is 0 Å². The van der Waals surface area contributed by atoms with E-state index < -0.39 is 0 Å². The molecule has 14 heavy (non-hydrogen) atoms. The number of unbranched alkanes of at least 4 members (excludes halogenated alkanes) is 2. The summed E-state index contributed by atoms with van der Waals surface area (Å²) in [5, 5.41) is 3.24. The van der Waals surface area contributed by atoms with E-state index >= 15 is 0 Å². The monoisotopic (exact) mass is 190 g/mol. The van der Waals surface area contributed by atoms with Crippen molar-refractivity contribution < 1.29 is 4.79 Å². The summed E-state index contributed by atoms with van der Waals surface area (Å²) in [4.78, 5) is 10.6. The van der Waals surface area contributed by atoms with Crippen molar-refractivity contribution in [2.24, 2.45) is 0 Å². The second-order valence-electron chi connectivity index (χ2n) is 3.28. The van der Waals surface area contributed by atoms with Crippen LogP contribution in [0.4, 0.5) is 5.69 Å². The molecule has 0 bridgehead atoms. The van der Waals surface area contributed by atoms with Crippen LogP contribution in [0.5, 0.6) is 0 Å². The molecule has 1 aromatic rings. The number of rotatable bonds is 6. The molecule has 0 unspecified atom stereocenters. The molecule has 1 N–H and O–H groups in total. The quantitative estimate of drug-likeness (QED) is 0.699. The van der Waals surface area contributed by atoms with E-state index in [9.17, 15) is 4.79 Å². The van der Waals surface area contributed by atoms with Crippen LogP contribution in [0, 0.1) is 0 Å². The highest BCUT2D eigenvalue weighted by atomic mass is 16.1. The summed E-state index contributed by atoms with van der Waals surface area (Å²) >= 11 is 0. The highest BCUT2D eigenvalue weighted by molar-refractivity contribution is 5.84. The van der Waals surface area contributed by atoms with Gasteiger partial charge in [-0.1, -0.05) is 31.9 Å². The van der Waals surface area contributed by atoms with Gasteiger partial charge in [0.05, 0.1) is 0 Å². The molecule has 2 nitrogen and oxygen atoms in total. The number of hydrogen-bond donors (Lipinski definition) is 1. The average Bonchev–Trinajstić information content (AvgIpc) is 2.25. The lowest BCUT2D eigenvalue weighted by molar-refractivity contribution is 0.563. The summed E-state index contributed by atoms with van der Waals surface area (Å²) in [5.41, 5.74) is 1.50. The summed E-state index contributed by atoms with van der Waals surface area (Å²) < 4.78 is 0. The van der Waals surface area contributed by atoms with Gasteiger partial charge in [-0.2, -0.15) is 0 Å². The van der Waals surface area contributed by atoms with Gasteiger partial charge in [0.15, 0.2) is 0 Å². The van der Waals surface area contributed by atoms with Crippen LogP contribution in [0.15, 0.2) is 24.3 Å². The van der Waals surface area contributed by atoms with E-state index in [0.717, 1.165) is 18.7 Å². The number of hydrogen-bond acceptors (Lipinski definition) is 2. The van der Waals surface area contributed by atoms with Gasteiger partial charge in [0.25, 0.3) is 0 Å². The molecule has 2 heteroatoms. The van der Waals surface area contributed by atoms with Crippen LogP contribution < -0.4 is 5.32 Å². The Labute approximate surface area is 85.3 Å². The van der Waals surface area contributed by atoms with Gasteiger partial charge < -0.3 is 5.32 Å². The van der Waals surface area contributed by atoms with Gasteiger partial charge in [0, 0.05) is 17.8 Å². The highest BCUT2D eigenvalue weighted by Crippen LogP contribution is 2.12. The maximum absolute atomic E-state index is 10.6. The minimum absolute atomic E-state index is 0.615. The molecule has 0 amide bonds. The molecular formula is C12H16NO. The predicted molar refractivity (Wildman–Crippen MR) is 59.3 cm³/mol. The molecular weight excluding hydrogens is 174 g/mol. The third kappa shape index (κ3) is 3.21. The second-order valence-corrected chi connectivity index (χ2v) is 3.28. The van der Waals surface area contributed by atoms with E-state index in [4.69, 9.17) is 0 Å². The van der Waals surface area contributed by atoms with Crippen LogP contribution in [0.1, 0.15) is 31.7 Å². The van der Waals surface area contributed by atoms with E-state index in [0.29, 0.717) is 5.56 Å². The fourth-order valence-corrected chi connectivity index (χ4v) is 1.32. The third-order valence-corrected chi connectivity index (χ3v) is 2.13. The van der Waals surface area contributed by atoms with Crippen LogP contribution in [-0.2, 0) is 4.79 Å². The summed E-state index contributed by atoms with van der Waals surface area (Å²) in [6.07, 6.45) is 5.50. The molecule has 1 rings (SSSR count). The Balaban J connectivity index is 2.45. The first-order valence-electron chi connectivity index (χ1n) is 5.09. The summed E-state index contributed by atoms with van der Waals surface area (Å²) in [5.74, 6) is 0. The first-order valence-corrected chi connectivity index (χ1v) is 5.09. The maximum atomic E-state index is 10.6. The van der Waals surface area contributed by atoms with Gasteiger partial charge in [-0.3, -0.25) is 4.79 Å². The molecule has 0 aromatic heterocycles. The van der Waals surface area contributed by atoms with E-state index in [1.54, 1.807) is 6.07 Å². The molecule has 1 radical (unpaired) electrons. The fourth-order valence-electron chi connectivity index (χ4n) is 1.32. The summed E-state index contributed by atoms with van der Waals surface area (Å²) in [6.45, 7) is 3.10. The van der Waals surface area contributed by atoms with Crippen molar-refractivity contribution in [2.75, 3.05) is 11.9 Å². The average molecular weight is 190 g/mol. The van der Waals surface area contributed by atoms with E-state index in [1.807, 2.05) is 24.5 Å². The molecule has 75 valence electrons. The Hall–Kier alpha value is -1.31. The van der Waals surface area contributed by atoms with E-state index in [2.05, 4.69) is 12.2 Å². The smallest absolute Gasteiger partial charge is 0.235 e.